The number of benzene rings is 2. The molecule has 1 amide bonds. The fourth-order valence-corrected chi connectivity index (χ4v) is 2.56. The van der Waals surface area contributed by atoms with Crippen LogP contribution >= 0.6 is 15.9 Å². The summed E-state index contributed by atoms with van der Waals surface area (Å²) in [6.45, 7) is -0.0354. The van der Waals surface area contributed by atoms with E-state index in [9.17, 15) is 9.59 Å². The number of hydrogen-bond donors (Lipinski definition) is 0. The smallest absolute Gasteiger partial charge is 0.265 e. The average molecular weight is 346 g/mol. The molecule has 0 fully saturated rings. The monoisotopic (exact) mass is 345 g/mol. The second kappa shape index (κ2) is 5.69. The number of fused-ring (bicyclic) bond motifs is 1. The van der Waals surface area contributed by atoms with Gasteiger partial charge in [-0.3, -0.25) is 14.5 Å². The van der Waals surface area contributed by atoms with E-state index < -0.39 is 0 Å². The quantitative estimate of drug-likeness (QED) is 0.803. The van der Waals surface area contributed by atoms with Crippen LogP contribution in [0.15, 0.2) is 53.0 Å². The van der Waals surface area contributed by atoms with Gasteiger partial charge >= 0.3 is 0 Å². The topological polar surface area (TPSA) is 46.6 Å². The molecule has 4 nitrogen and oxygen atoms in total. The SMILES string of the molecule is O=C(CN1C(=O)COc2ccc(Br)cc21)c1ccccc1. The summed E-state index contributed by atoms with van der Waals surface area (Å²) in [6, 6.07) is 14.4. The highest BCUT2D eigenvalue weighted by molar-refractivity contribution is 9.10. The van der Waals surface area contributed by atoms with Crippen LogP contribution in [0.5, 0.6) is 5.75 Å². The Kier molecular flexibility index (Phi) is 3.75. The second-order valence-corrected chi connectivity index (χ2v) is 5.59. The molecular weight excluding hydrogens is 334 g/mol. The molecule has 0 spiro atoms. The highest BCUT2D eigenvalue weighted by Gasteiger charge is 2.27. The van der Waals surface area contributed by atoms with Gasteiger partial charge in [-0.2, -0.15) is 0 Å². The van der Waals surface area contributed by atoms with Crippen LogP contribution in [0, 0.1) is 0 Å². The van der Waals surface area contributed by atoms with Crippen molar-refractivity contribution >= 4 is 33.3 Å². The number of anilines is 1. The summed E-state index contributed by atoms with van der Waals surface area (Å²) in [5.74, 6) is 0.292. The minimum Gasteiger partial charge on any atom is -0.482 e. The number of halogens is 1. The first kappa shape index (κ1) is 13.8. The fourth-order valence-electron chi connectivity index (χ4n) is 2.21. The molecule has 1 aliphatic rings. The van der Waals surface area contributed by atoms with E-state index in [0.29, 0.717) is 17.0 Å². The summed E-state index contributed by atoms with van der Waals surface area (Å²) >= 11 is 3.37. The number of carbonyl (C=O) groups is 2. The molecule has 0 unspecified atom stereocenters. The molecular formula is C16H12BrNO3. The summed E-state index contributed by atoms with van der Waals surface area (Å²) in [5.41, 5.74) is 1.21. The maximum atomic E-state index is 12.3. The van der Waals surface area contributed by atoms with Crippen molar-refractivity contribution in [1.29, 1.82) is 0 Å². The predicted octanol–water partition coefficient (Wildman–Crippen LogP) is 3.06. The average Bonchev–Trinajstić information content (AvgIpc) is 2.51. The van der Waals surface area contributed by atoms with Gasteiger partial charge in [-0.15, -0.1) is 0 Å². The Bertz CT molecular complexity index is 700. The molecule has 0 radical (unpaired) electrons. The van der Waals surface area contributed by atoms with Crippen LogP contribution in [-0.4, -0.2) is 24.8 Å². The Morgan fingerprint density at radius 2 is 1.95 bits per heavy atom. The molecule has 3 rings (SSSR count). The Labute approximate surface area is 130 Å². The molecule has 0 saturated heterocycles. The van der Waals surface area contributed by atoms with Gasteiger partial charge in [0.25, 0.3) is 5.91 Å². The number of nitrogens with zero attached hydrogens (tertiary/aromatic N) is 1. The van der Waals surface area contributed by atoms with Crippen LogP contribution in [0.1, 0.15) is 10.4 Å². The molecule has 2 aromatic rings. The number of ketones is 1. The van der Waals surface area contributed by atoms with E-state index in [2.05, 4.69) is 15.9 Å². The van der Waals surface area contributed by atoms with Crippen molar-refractivity contribution in [3.05, 3.63) is 58.6 Å². The van der Waals surface area contributed by atoms with Crippen LogP contribution in [0.2, 0.25) is 0 Å². The Morgan fingerprint density at radius 3 is 2.71 bits per heavy atom. The van der Waals surface area contributed by atoms with Crippen LogP contribution < -0.4 is 9.64 Å². The van der Waals surface area contributed by atoms with Crippen molar-refractivity contribution in [2.45, 2.75) is 0 Å². The summed E-state index contributed by atoms with van der Waals surface area (Å²) in [5, 5.41) is 0. The second-order valence-electron chi connectivity index (χ2n) is 4.67. The minimum atomic E-state index is -0.218. The third-order valence-electron chi connectivity index (χ3n) is 3.26. The number of carbonyl (C=O) groups excluding carboxylic acids is 2. The first-order valence-corrected chi connectivity index (χ1v) is 7.25. The lowest BCUT2D eigenvalue weighted by atomic mass is 10.1. The van der Waals surface area contributed by atoms with Gasteiger partial charge in [-0.1, -0.05) is 46.3 Å². The highest BCUT2D eigenvalue weighted by atomic mass is 79.9. The van der Waals surface area contributed by atoms with Gasteiger partial charge in [0, 0.05) is 10.0 Å². The molecule has 21 heavy (non-hydrogen) atoms. The van der Waals surface area contributed by atoms with Crippen molar-refractivity contribution in [1.82, 2.24) is 0 Å². The molecule has 1 heterocycles. The lowest BCUT2D eigenvalue weighted by Gasteiger charge is -2.29. The standard InChI is InChI=1S/C16H12BrNO3/c17-12-6-7-15-13(8-12)18(16(20)10-21-15)9-14(19)11-4-2-1-3-5-11/h1-8H,9-10H2. The molecule has 1 aliphatic heterocycles. The molecule has 0 bridgehead atoms. The lowest BCUT2D eigenvalue weighted by molar-refractivity contribution is -0.121. The Hall–Kier alpha value is -2.14. The van der Waals surface area contributed by atoms with Crippen molar-refractivity contribution in [2.75, 3.05) is 18.1 Å². The van der Waals surface area contributed by atoms with E-state index in [1.54, 1.807) is 36.4 Å². The van der Waals surface area contributed by atoms with Crippen molar-refractivity contribution in [3.63, 3.8) is 0 Å². The van der Waals surface area contributed by atoms with Crippen LogP contribution in [0.4, 0.5) is 5.69 Å². The third kappa shape index (κ3) is 2.83. The third-order valence-corrected chi connectivity index (χ3v) is 3.75. The van der Waals surface area contributed by atoms with Crippen LogP contribution in [0.25, 0.3) is 0 Å². The van der Waals surface area contributed by atoms with Gasteiger partial charge in [-0.25, -0.2) is 0 Å². The number of hydrogen-bond acceptors (Lipinski definition) is 3. The van der Waals surface area contributed by atoms with E-state index in [4.69, 9.17) is 4.74 Å². The first-order valence-electron chi connectivity index (χ1n) is 6.46. The maximum Gasteiger partial charge on any atom is 0.265 e. The van der Waals surface area contributed by atoms with Gasteiger partial charge in [-0.05, 0) is 18.2 Å². The normalized spacial score (nSPS) is 13.6. The Morgan fingerprint density at radius 1 is 1.19 bits per heavy atom. The summed E-state index contributed by atoms with van der Waals surface area (Å²) < 4.78 is 6.22. The van der Waals surface area contributed by atoms with Gasteiger partial charge in [0.1, 0.15) is 5.75 Å². The van der Waals surface area contributed by atoms with E-state index in [-0.39, 0.29) is 24.8 Å². The highest BCUT2D eigenvalue weighted by Crippen LogP contribution is 2.34. The number of amides is 1. The van der Waals surface area contributed by atoms with Crippen LogP contribution in [0.3, 0.4) is 0 Å². The zero-order valence-corrected chi connectivity index (χ0v) is 12.7. The Balaban J connectivity index is 1.90. The lowest BCUT2D eigenvalue weighted by Crippen LogP contribution is -2.42. The summed E-state index contributed by atoms with van der Waals surface area (Å²) in [7, 11) is 0. The van der Waals surface area contributed by atoms with Gasteiger partial charge in [0.15, 0.2) is 12.4 Å². The number of rotatable bonds is 3. The first-order chi connectivity index (χ1) is 10.1. The van der Waals surface area contributed by atoms with Crippen molar-refractivity contribution in [3.8, 4) is 5.75 Å². The van der Waals surface area contributed by atoms with Gasteiger partial charge in [0.2, 0.25) is 0 Å². The predicted molar refractivity (Wildman–Crippen MR) is 82.8 cm³/mol. The molecule has 0 aliphatic carbocycles. The molecule has 0 aromatic heterocycles. The molecule has 0 atom stereocenters. The van der Waals surface area contributed by atoms with Crippen LogP contribution in [-0.2, 0) is 4.79 Å². The number of ether oxygens (including phenoxy) is 1. The summed E-state index contributed by atoms with van der Waals surface area (Å²) in [4.78, 5) is 25.8. The van der Waals surface area contributed by atoms with Gasteiger partial charge in [0.05, 0.1) is 12.2 Å². The van der Waals surface area contributed by atoms with Gasteiger partial charge < -0.3 is 4.74 Å². The van der Waals surface area contributed by atoms with E-state index in [1.807, 2.05) is 12.1 Å². The molecule has 0 saturated carbocycles. The van der Waals surface area contributed by atoms with E-state index in [0.717, 1.165) is 4.47 Å². The minimum absolute atomic E-state index is 0.00958. The van der Waals surface area contributed by atoms with Crippen molar-refractivity contribution in [2.24, 2.45) is 0 Å². The maximum absolute atomic E-state index is 12.3. The number of Topliss-reactive ketones (excluding diaryl/α,β-unsaturated/α-hetero) is 1. The fraction of sp³-hybridized carbons (Fsp3) is 0.125. The zero-order chi connectivity index (χ0) is 14.8. The van der Waals surface area contributed by atoms with E-state index >= 15 is 0 Å². The molecule has 106 valence electrons. The zero-order valence-electron chi connectivity index (χ0n) is 11.1. The molecule has 2 aromatic carbocycles. The largest absolute Gasteiger partial charge is 0.482 e. The van der Waals surface area contributed by atoms with E-state index in [1.165, 1.54) is 4.90 Å². The molecule has 0 N–H and O–H groups in total. The summed E-state index contributed by atoms with van der Waals surface area (Å²) in [6.07, 6.45) is 0. The van der Waals surface area contributed by atoms with Crippen molar-refractivity contribution < 1.29 is 14.3 Å². The molecule has 5 heteroatoms.